The zero-order valence-corrected chi connectivity index (χ0v) is 12.5. The summed E-state index contributed by atoms with van der Waals surface area (Å²) in [6.07, 6.45) is 5.64. The zero-order valence-electron chi connectivity index (χ0n) is 11.8. The summed E-state index contributed by atoms with van der Waals surface area (Å²) in [5.74, 6) is 1.57. The van der Waals surface area contributed by atoms with Crippen molar-refractivity contribution in [2.24, 2.45) is 5.92 Å². The number of likely N-dealkylation sites (tertiary alicyclic amines) is 1. The highest BCUT2D eigenvalue weighted by molar-refractivity contribution is 6.17. The first-order valence-electron chi connectivity index (χ1n) is 7.47. The van der Waals surface area contributed by atoms with E-state index < -0.39 is 0 Å². The van der Waals surface area contributed by atoms with Gasteiger partial charge in [-0.2, -0.15) is 0 Å². The van der Waals surface area contributed by atoms with Crippen molar-refractivity contribution in [2.75, 3.05) is 19.0 Å². The van der Waals surface area contributed by atoms with Crippen LogP contribution in [0.3, 0.4) is 0 Å². The first-order chi connectivity index (χ1) is 9.85. The molecule has 0 N–H and O–H groups in total. The third kappa shape index (κ3) is 3.31. The average molecular weight is 289 g/mol. The molecule has 1 aromatic carbocycles. The number of piperidine rings is 1. The molecule has 1 aliphatic heterocycles. The topological polar surface area (TPSA) is 16.1 Å². The van der Waals surface area contributed by atoms with Crippen molar-refractivity contribution in [3.63, 3.8) is 0 Å². The van der Waals surface area contributed by atoms with Gasteiger partial charge in [0.15, 0.2) is 0 Å². The molecule has 0 bridgehead atoms. The molecule has 2 nitrogen and oxygen atoms in total. The molecule has 2 heterocycles. The molecule has 1 atom stereocenters. The zero-order chi connectivity index (χ0) is 13.8. The molecule has 0 spiro atoms. The minimum absolute atomic E-state index is 0.781. The summed E-state index contributed by atoms with van der Waals surface area (Å²) in [7, 11) is 0. The van der Waals surface area contributed by atoms with Gasteiger partial charge in [0.1, 0.15) is 0 Å². The fourth-order valence-corrected chi connectivity index (χ4v) is 3.48. The molecule has 20 heavy (non-hydrogen) atoms. The van der Waals surface area contributed by atoms with Gasteiger partial charge >= 0.3 is 0 Å². The SMILES string of the molecule is ClCCC1CCCN(Cc2ccc3ncccc3c2)C1. The van der Waals surface area contributed by atoms with E-state index >= 15 is 0 Å². The number of pyridine rings is 1. The Balaban J connectivity index is 1.69. The lowest BCUT2D eigenvalue weighted by Crippen LogP contribution is -2.35. The van der Waals surface area contributed by atoms with E-state index in [1.807, 2.05) is 12.3 Å². The third-order valence-corrected chi connectivity index (χ3v) is 4.41. The maximum Gasteiger partial charge on any atom is 0.0702 e. The Morgan fingerprint density at radius 3 is 3.15 bits per heavy atom. The van der Waals surface area contributed by atoms with E-state index in [4.69, 9.17) is 11.6 Å². The molecule has 1 aliphatic rings. The van der Waals surface area contributed by atoms with Crippen molar-refractivity contribution < 1.29 is 0 Å². The highest BCUT2D eigenvalue weighted by atomic mass is 35.5. The molecule has 0 amide bonds. The van der Waals surface area contributed by atoms with E-state index in [1.165, 1.54) is 36.9 Å². The number of halogens is 1. The summed E-state index contributed by atoms with van der Waals surface area (Å²) in [4.78, 5) is 6.94. The van der Waals surface area contributed by atoms with E-state index in [1.54, 1.807) is 0 Å². The van der Waals surface area contributed by atoms with E-state index in [9.17, 15) is 0 Å². The predicted octanol–water partition coefficient (Wildman–Crippen LogP) is 4.08. The summed E-state index contributed by atoms with van der Waals surface area (Å²) in [5, 5.41) is 1.24. The normalized spacial score (nSPS) is 20.4. The lowest BCUT2D eigenvalue weighted by molar-refractivity contribution is 0.165. The Kier molecular flexibility index (Phi) is 4.54. The molecule has 1 fully saturated rings. The fraction of sp³-hybridized carbons (Fsp3) is 0.471. The number of benzene rings is 1. The summed E-state index contributed by atoms with van der Waals surface area (Å²) in [6.45, 7) is 3.45. The Morgan fingerprint density at radius 1 is 1.30 bits per heavy atom. The number of hydrogen-bond acceptors (Lipinski definition) is 2. The number of nitrogens with zero attached hydrogens (tertiary/aromatic N) is 2. The first kappa shape index (κ1) is 13.8. The van der Waals surface area contributed by atoms with Crippen molar-refractivity contribution in [2.45, 2.75) is 25.8 Å². The molecule has 3 heteroatoms. The van der Waals surface area contributed by atoms with Crippen LogP contribution in [-0.2, 0) is 6.54 Å². The van der Waals surface area contributed by atoms with E-state index in [0.29, 0.717) is 0 Å². The van der Waals surface area contributed by atoms with Gasteiger partial charge < -0.3 is 0 Å². The van der Waals surface area contributed by atoms with Crippen LogP contribution < -0.4 is 0 Å². The first-order valence-corrected chi connectivity index (χ1v) is 8.00. The maximum atomic E-state index is 5.88. The van der Waals surface area contributed by atoms with Gasteiger partial charge in [0.2, 0.25) is 0 Å². The monoisotopic (exact) mass is 288 g/mol. The van der Waals surface area contributed by atoms with Gasteiger partial charge in [0.05, 0.1) is 5.52 Å². The van der Waals surface area contributed by atoms with Gasteiger partial charge in [-0.05, 0) is 55.5 Å². The molecule has 0 aliphatic carbocycles. The minimum Gasteiger partial charge on any atom is -0.299 e. The fourth-order valence-electron chi connectivity index (χ4n) is 3.17. The second-order valence-corrected chi connectivity index (χ2v) is 6.13. The van der Waals surface area contributed by atoms with Crippen LogP contribution in [0.4, 0.5) is 0 Å². The van der Waals surface area contributed by atoms with Crippen LogP contribution >= 0.6 is 11.6 Å². The maximum absolute atomic E-state index is 5.88. The number of rotatable bonds is 4. The van der Waals surface area contributed by atoms with Crippen molar-refractivity contribution in [3.8, 4) is 0 Å². The summed E-state index contributed by atoms with van der Waals surface area (Å²) in [5.41, 5.74) is 2.46. The summed E-state index contributed by atoms with van der Waals surface area (Å²) >= 11 is 5.88. The average Bonchev–Trinajstić information content (AvgIpc) is 2.48. The predicted molar refractivity (Wildman–Crippen MR) is 85.1 cm³/mol. The lowest BCUT2D eigenvalue weighted by atomic mass is 9.95. The van der Waals surface area contributed by atoms with Crippen molar-refractivity contribution >= 4 is 22.5 Å². The number of fused-ring (bicyclic) bond motifs is 1. The molecule has 106 valence electrons. The minimum atomic E-state index is 0.781. The van der Waals surface area contributed by atoms with Crippen LogP contribution in [0.5, 0.6) is 0 Å². The Bertz CT molecular complexity index is 568. The summed E-state index contributed by atoms with van der Waals surface area (Å²) in [6, 6.07) is 10.8. The molecule has 1 unspecified atom stereocenters. The van der Waals surface area contributed by atoms with Gasteiger partial charge in [-0.3, -0.25) is 9.88 Å². The Morgan fingerprint density at radius 2 is 2.25 bits per heavy atom. The van der Waals surface area contributed by atoms with Crippen LogP contribution in [0, 0.1) is 5.92 Å². The van der Waals surface area contributed by atoms with Gasteiger partial charge in [-0.1, -0.05) is 12.1 Å². The van der Waals surface area contributed by atoms with Crippen molar-refractivity contribution in [3.05, 3.63) is 42.1 Å². The third-order valence-electron chi connectivity index (χ3n) is 4.19. The molecule has 3 rings (SSSR count). The largest absolute Gasteiger partial charge is 0.299 e. The molecule has 0 radical (unpaired) electrons. The Hall–Kier alpha value is -1.12. The second-order valence-electron chi connectivity index (χ2n) is 5.75. The molecule has 0 saturated carbocycles. The highest BCUT2D eigenvalue weighted by Gasteiger charge is 2.19. The smallest absolute Gasteiger partial charge is 0.0702 e. The van der Waals surface area contributed by atoms with Crippen molar-refractivity contribution in [1.82, 2.24) is 9.88 Å². The second kappa shape index (κ2) is 6.55. The van der Waals surface area contributed by atoms with Crippen LogP contribution in [0.15, 0.2) is 36.5 Å². The standard InChI is InChI=1S/C17H21ClN2/c18-8-7-14-3-2-10-20(12-14)13-15-5-6-17-16(11-15)4-1-9-19-17/h1,4-6,9,11,14H,2-3,7-8,10,12-13H2. The summed E-state index contributed by atoms with van der Waals surface area (Å²) < 4.78 is 0. The molecule has 1 aromatic heterocycles. The van der Waals surface area contributed by atoms with Crippen LogP contribution in [0.2, 0.25) is 0 Å². The van der Waals surface area contributed by atoms with Gasteiger partial charge in [-0.15, -0.1) is 11.6 Å². The van der Waals surface area contributed by atoms with Crippen molar-refractivity contribution in [1.29, 1.82) is 0 Å². The van der Waals surface area contributed by atoms with Gasteiger partial charge in [0.25, 0.3) is 0 Å². The Labute approximate surface area is 125 Å². The molecular formula is C17H21ClN2. The highest BCUT2D eigenvalue weighted by Crippen LogP contribution is 2.22. The van der Waals surface area contributed by atoms with E-state index in [0.717, 1.165) is 30.3 Å². The lowest BCUT2D eigenvalue weighted by Gasteiger charge is -2.32. The van der Waals surface area contributed by atoms with Crippen LogP contribution in [-0.4, -0.2) is 28.9 Å². The van der Waals surface area contributed by atoms with Gasteiger partial charge in [-0.25, -0.2) is 0 Å². The van der Waals surface area contributed by atoms with E-state index in [2.05, 4.69) is 34.1 Å². The quantitative estimate of drug-likeness (QED) is 0.788. The number of alkyl halides is 1. The molecule has 2 aromatic rings. The molecular weight excluding hydrogens is 268 g/mol. The number of hydrogen-bond donors (Lipinski definition) is 0. The van der Waals surface area contributed by atoms with Gasteiger partial charge in [0, 0.05) is 30.6 Å². The molecule has 1 saturated heterocycles. The van der Waals surface area contributed by atoms with Crippen LogP contribution in [0.25, 0.3) is 10.9 Å². The number of aromatic nitrogens is 1. The van der Waals surface area contributed by atoms with E-state index in [-0.39, 0.29) is 0 Å². The van der Waals surface area contributed by atoms with Crippen LogP contribution in [0.1, 0.15) is 24.8 Å².